The molecule has 1 atom stereocenters. The SMILES string of the molecule is CCC1CN(C(=O)c2cc(NC)nc(C(C)C)c2)CCO1. The van der Waals surface area contributed by atoms with E-state index in [1.54, 1.807) is 0 Å². The number of rotatable bonds is 4. The van der Waals surface area contributed by atoms with Gasteiger partial charge in [0.15, 0.2) is 0 Å². The van der Waals surface area contributed by atoms with Gasteiger partial charge in [-0.1, -0.05) is 20.8 Å². The molecule has 2 rings (SSSR count). The molecule has 1 unspecified atom stereocenters. The third-order valence-electron chi connectivity index (χ3n) is 3.82. The predicted molar refractivity (Wildman–Crippen MR) is 83.8 cm³/mol. The van der Waals surface area contributed by atoms with E-state index in [0.29, 0.717) is 25.3 Å². The van der Waals surface area contributed by atoms with Crippen LogP contribution in [0.25, 0.3) is 0 Å². The van der Waals surface area contributed by atoms with Crippen LogP contribution in [0.4, 0.5) is 5.82 Å². The highest BCUT2D eigenvalue weighted by Gasteiger charge is 2.24. The summed E-state index contributed by atoms with van der Waals surface area (Å²) in [6.07, 6.45) is 1.08. The highest BCUT2D eigenvalue weighted by molar-refractivity contribution is 5.95. The molecule has 1 aromatic rings. The van der Waals surface area contributed by atoms with E-state index >= 15 is 0 Å². The first-order valence-corrected chi connectivity index (χ1v) is 7.65. The maximum Gasteiger partial charge on any atom is 0.254 e. The van der Waals surface area contributed by atoms with Gasteiger partial charge in [0, 0.05) is 31.4 Å². The van der Waals surface area contributed by atoms with E-state index < -0.39 is 0 Å². The third-order valence-corrected chi connectivity index (χ3v) is 3.82. The zero-order valence-corrected chi connectivity index (χ0v) is 13.3. The lowest BCUT2D eigenvalue weighted by Crippen LogP contribution is -2.45. The number of nitrogens with one attached hydrogen (secondary N) is 1. The van der Waals surface area contributed by atoms with Crippen LogP contribution >= 0.6 is 0 Å². The highest BCUT2D eigenvalue weighted by atomic mass is 16.5. The summed E-state index contributed by atoms with van der Waals surface area (Å²) >= 11 is 0. The van der Waals surface area contributed by atoms with Crippen molar-refractivity contribution in [2.24, 2.45) is 0 Å². The van der Waals surface area contributed by atoms with Crippen molar-refractivity contribution in [1.82, 2.24) is 9.88 Å². The number of hydrogen-bond donors (Lipinski definition) is 1. The summed E-state index contributed by atoms with van der Waals surface area (Å²) in [5.41, 5.74) is 1.64. The molecule has 0 radical (unpaired) electrons. The lowest BCUT2D eigenvalue weighted by molar-refractivity contribution is -0.0226. The Morgan fingerprint density at radius 1 is 1.52 bits per heavy atom. The van der Waals surface area contributed by atoms with Crippen LogP contribution < -0.4 is 5.32 Å². The van der Waals surface area contributed by atoms with Gasteiger partial charge in [0.1, 0.15) is 5.82 Å². The molecule has 21 heavy (non-hydrogen) atoms. The van der Waals surface area contributed by atoms with E-state index in [-0.39, 0.29) is 17.9 Å². The van der Waals surface area contributed by atoms with Gasteiger partial charge < -0.3 is 15.0 Å². The number of aromatic nitrogens is 1. The Morgan fingerprint density at radius 3 is 2.90 bits per heavy atom. The molecule has 0 bridgehead atoms. The highest BCUT2D eigenvalue weighted by Crippen LogP contribution is 2.20. The number of pyridine rings is 1. The predicted octanol–water partition coefficient (Wildman–Crippen LogP) is 2.50. The van der Waals surface area contributed by atoms with Crippen molar-refractivity contribution in [3.8, 4) is 0 Å². The molecule has 2 heterocycles. The van der Waals surface area contributed by atoms with Gasteiger partial charge in [-0.05, 0) is 24.5 Å². The first-order valence-electron chi connectivity index (χ1n) is 7.65. The lowest BCUT2D eigenvalue weighted by Gasteiger charge is -2.32. The van der Waals surface area contributed by atoms with Crippen LogP contribution in [0, 0.1) is 0 Å². The Morgan fingerprint density at radius 2 is 2.29 bits per heavy atom. The minimum atomic E-state index is 0.0672. The number of amides is 1. The standard InChI is InChI=1S/C16H25N3O2/c1-5-13-10-19(6-7-21-13)16(20)12-8-14(11(2)3)18-15(9-12)17-4/h8-9,11,13H,5-7,10H2,1-4H3,(H,17,18). The summed E-state index contributed by atoms with van der Waals surface area (Å²) < 4.78 is 5.63. The van der Waals surface area contributed by atoms with Crippen LogP contribution in [0.3, 0.4) is 0 Å². The molecule has 1 aliphatic rings. The maximum absolute atomic E-state index is 12.7. The summed E-state index contributed by atoms with van der Waals surface area (Å²) in [5.74, 6) is 1.10. The normalized spacial score (nSPS) is 18.9. The molecule has 1 N–H and O–H groups in total. The number of morpholine rings is 1. The average molecular weight is 291 g/mol. The van der Waals surface area contributed by atoms with Crippen LogP contribution in [0.15, 0.2) is 12.1 Å². The molecule has 5 heteroatoms. The largest absolute Gasteiger partial charge is 0.375 e. The zero-order valence-electron chi connectivity index (χ0n) is 13.3. The Bertz CT molecular complexity index is 502. The van der Waals surface area contributed by atoms with Crippen molar-refractivity contribution in [3.63, 3.8) is 0 Å². The van der Waals surface area contributed by atoms with Gasteiger partial charge in [0.05, 0.1) is 12.7 Å². The van der Waals surface area contributed by atoms with Gasteiger partial charge in [-0.2, -0.15) is 0 Å². The van der Waals surface area contributed by atoms with Gasteiger partial charge in [-0.3, -0.25) is 4.79 Å². The molecule has 1 amide bonds. The zero-order chi connectivity index (χ0) is 15.4. The second-order valence-corrected chi connectivity index (χ2v) is 5.72. The maximum atomic E-state index is 12.7. The lowest BCUT2D eigenvalue weighted by atomic mass is 10.1. The smallest absolute Gasteiger partial charge is 0.254 e. The van der Waals surface area contributed by atoms with Crippen molar-refractivity contribution < 1.29 is 9.53 Å². The fourth-order valence-corrected chi connectivity index (χ4v) is 2.43. The van der Waals surface area contributed by atoms with Gasteiger partial charge in [0.25, 0.3) is 5.91 Å². The van der Waals surface area contributed by atoms with Gasteiger partial charge in [-0.25, -0.2) is 4.98 Å². The average Bonchev–Trinajstić information content (AvgIpc) is 2.53. The third kappa shape index (κ3) is 3.73. The number of nitrogens with zero attached hydrogens (tertiary/aromatic N) is 2. The first kappa shape index (κ1) is 15.8. The summed E-state index contributed by atoms with van der Waals surface area (Å²) in [6.45, 7) is 8.19. The topological polar surface area (TPSA) is 54.5 Å². The van der Waals surface area contributed by atoms with Crippen LogP contribution in [0.5, 0.6) is 0 Å². The Balaban J connectivity index is 2.23. The molecule has 0 saturated carbocycles. The minimum absolute atomic E-state index is 0.0672. The molecule has 1 saturated heterocycles. The van der Waals surface area contributed by atoms with Crippen LogP contribution in [0.1, 0.15) is 49.2 Å². The van der Waals surface area contributed by atoms with Crippen LogP contribution in [-0.4, -0.2) is 48.6 Å². The molecule has 0 spiro atoms. The second kappa shape index (κ2) is 6.89. The molecule has 116 valence electrons. The summed E-state index contributed by atoms with van der Waals surface area (Å²) in [7, 11) is 1.82. The fraction of sp³-hybridized carbons (Fsp3) is 0.625. The van der Waals surface area contributed by atoms with Crippen molar-refractivity contribution >= 4 is 11.7 Å². The van der Waals surface area contributed by atoms with E-state index in [4.69, 9.17) is 4.74 Å². The van der Waals surface area contributed by atoms with Crippen molar-refractivity contribution in [1.29, 1.82) is 0 Å². The summed E-state index contributed by atoms with van der Waals surface area (Å²) in [6, 6.07) is 3.73. The molecule has 5 nitrogen and oxygen atoms in total. The molecule has 1 aromatic heterocycles. The van der Waals surface area contributed by atoms with E-state index in [1.165, 1.54) is 0 Å². The molecule has 1 fully saturated rings. The molecule has 0 aromatic carbocycles. The van der Waals surface area contributed by atoms with E-state index in [0.717, 1.165) is 17.9 Å². The number of ether oxygens (including phenoxy) is 1. The fourth-order valence-electron chi connectivity index (χ4n) is 2.43. The second-order valence-electron chi connectivity index (χ2n) is 5.72. The molecule has 0 aliphatic carbocycles. The van der Waals surface area contributed by atoms with Crippen LogP contribution in [-0.2, 0) is 4.74 Å². The minimum Gasteiger partial charge on any atom is -0.375 e. The molecular formula is C16H25N3O2. The first-order chi connectivity index (χ1) is 10.0. The molecule has 1 aliphatic heterocycles. The number of hydrogen-bond acceptors (Lipinski definition) is 4. The summed E-state index contributed by atoms with van der Waals surface area (Å²) in [5, 5.41) is 3.03. The van der Waals surface area contributed by atoms with E-state index in [1.807, 2.05) is 24.1 Å². The van der Waals surface area contributed by atoms with Crippen LogP contribution in [0.2, 0.25) is 0 Å². The Hall–Kier alpha value is -1.62. The quantitative estimate of drug-likeness (QED) is 0.926. The van der Waals surface area contributed by atoms with E-state index in [9.17, 15) is 4.79 Å². The molecular weight excluding hydrogens is 266 g/mol. The van der Waals surface area contributed by atoms with Gasteiger partial charge >= 0.3 is 0 Å². The van der Waals surface area contributed by atoms with Crippen molar-refractivity contribution in [2.75, 3.05) is 32.1 Å². The Labute approximate surface area is 126 Å². The van der Waals surface area contributed by atoms with Crippen molar-refractivity contribution in [3.05, 3.63) is 23.4 Å². The van der Waals surface area contributed by atoms with Gasteiger partial charge in [-0.15, -0.1) is 0 Å². The number of anilines is 1. The van der Waals surface area contributed by atoms with E-state index in [2.05, 4.69) is 31.1 Å². The van der Waals surface area contributed by atoms with Gasteiger partial charge in [0.2, 0.25) is 0 Å². The van der Waals surface area contributed by atoms with Crippen molar-refractivity contribution in [2.45, 2.75) is 39.2 Å². The number of carbonyl (C=O) groups excluding carboxylic acids is 1. The monoisotopic (exact) mass is 291 g/mol. The number of carbonyl (C=O) groups is 1. The Kier molecular flexibility index (Phi) is 5.17. The summed E-state index contributed by atoms with van der Waals surface area (Å²) in [4.78, 5) is 19.1.